The van der Waals surface area contributed by atoms with E-state index < -0.39 is 0 Å². The summed E-state index contributed by atoms with van der Waals surface area (Å²) in [5.74, 6) is 1.31. The Morgan fingerprint density at radius 2 is 2.00 bits per heavy atom. The molecule has 2 aromatic rings. The van der Waals surface area contributed by atoms with Crippen molar-refractivity contribution in [3.05, 3.63) is 46.5 Å². The highest BCUT2D eigenvalue weighted by Gasteiger charge is 2.19. The van der Waals surface area contributed by atoms with Gasteiger partial charge < -0.3 is 10.1 Å². The molecule has 0 spiro atoms. The normalized spacial score (nSPS) is 15.2. The summed E-state index contributed by atoms with van der Waals surface area (Å²) in [6, 6.07) is 10.4. The van der Waals surface area contributed by atoms with Gasteiger partial charge in [-0.05, 0) is 30.5 Å². The molecule has 0 amide bonds. The van der Waals surface area contributed by atoms with Gasteiger partial charge in [0.2, 0.25) is 0 Å². The van der Waals surface area contributed by atoms with Gasteiger partial charge >= 0.3 is 0 Å². The number of rotatable bonds is 6. The lowest BCUT2D eigenvalue weighted by Crippen LogP contribution is -2.28. The van der Waals surface area contributed by atoms with Gasteiger partial charge in [0.1, 0.15) is 0 Å². The first-order valence-electron chi connectivity index (χ1n) is 7.99. The third-order valence-corrected chi connectivity index (χ3v) is 4.82. The summed E-state index contributed by atoms with van der Waals surface area (Å²) >= 11 is 1.55. The molecule has 0 unspecified atom stereocenters. The number of nitroso groups, excluding NO2 is 1. The Labute approximate surface area is 145 Å². The third-order valence-electron chi connectivity index (χ3n) is 3.90. The highest BCUT2D eigenvalue weighted by molar-refractivity contribution is 7.98. The van der Waals surface area contributed by atoms with Crippen LogP contribution in [-0.4, -0.2) is 29.2 Å². The second-order valence-corrected chi connectivity index (χ2v) is 6.63. The van der Waals surface area contributed by atoms with Gasteiger partial charge in [-0.3, -0.25) is 0 Å². The van der Waals surface area contributed by atoms with Gasteiger partial charge in [-0.1, -0.05) is 42.1 Å². The van der Waals surface area contributed by atoms with E-state index in [1.165, 1.54) is 5.56 Å². The number of ether oxygens (including phenoxy) is 1. The first-order chi connectivity index (χ1) is 11.8. The van der Waals surface area contributed by atoms with E-state index in [9.17, 15) is 4.91 Å². The highest BCUT2D eigenvalue weighted by atomic mass is 32.2. The number of hydrogen-bond donors (Lipinski definition) is 1. The number of hydrogen-bond acceptors (Lipinski definition) is 7. The lowest BCUT2D eigenvalue weighted by Gasteiger charge is -2.24. The van der Waals surface area contributed by atoms with E-state index in [0.29, 0.717) is 22.4 Å². The van der Waals surface area contributed by atoms with Crippen LogP contribution >= 0.6 is 11.8 Å². The minimum atomic E-state index is 0.250. The molecule has 0 bridgehead atoms. The molecule has 0 aliphatic carbocycles. The first-order valence-corrected chi connectivity index (χ1v) is 8.98. The quantitative estimate of drug-likeness (QED) is 0.484. The Morgan fingerprint density at radius 1 is 1.25 bits per heavy atom. The summed E-state index contributed by atoms with van der Waals surface area (Å²) in [5.41, 5.74) is 2.11. The molecule has 1 aromatic carbocycles. The van der Waals surface area contributed by atoms with Gasteiger partial charge in [0.25, 0.3) is 0 Å². The van der Waals surface area contributed by atoms with E-state index in [2.05, 4.69) is 32.6 Å². The van der Waals surface area contributed by atoms with Crippen molar-refractivity contribution in [2.45, 2.75) is 36.7 Å². The molecule has 0 atom stereocenters. The van der Waals surface area contributed by atoms with Crippen LogP contribution in [0.2, 0.25) is 0 Å². The van der Waals surface area contributed by atoms with Gasteiger partial charge in [-0.15, -0.1) is 4.91 Å². The predicted octanol–water partition coefficient (Wildman–Crippen LogP) is 4.07. The number of anilines is 1. The summed E-state index contributed by atoms with van der Waals surface area (Å²) < 4.78 is 5.37. The minimum absolute atomic E-state index is 0.250. The molecule has 7 heteroatoms. The van der Waals surface area contributed by atoms with Crippen molar-refractivity contribution in [2.24, 2.45) is 5.18 Å². The van der Waals surface area contributed by atoms with Crippen molar-refractivity contribution in [3.8, 4) is 0 Å². The number of nitrogens with one attached hydrogen (secondary N) is 1. The maximum Gasteiger partial charge on any atom is 0.190 e. The summed E-state index contributed by atoms with van der Waals surface area (Å²) in [6.45, 7) is 3.24. The molecule has 3 rings (SSSR count). The van der Waals surface area contributed by atoms with Gasteiger partial charge in [-0.25, -0.2) is 9.97 Å². The van der Waals surface area contributed by atoms with E-state index in [0.717, 1.165) is 31.8 Å². The van der Waals surface area contributed by atoms with Crippen LogP contribution in [0, 0.1) is 11.8 Å². The molecule has 6 nitrogen and oxygen atoms in total. The maximum absolute atomic E-state index is 11.2. The van der Waals surface area contributed by atoms with E-state index in [4.69, 9.17) is 4.74 Å². The molecule has 1 saturated heterocycles. The molecule has 1 fully saturated rings. The molecular weight excluding hydrogens is 324 g/mol. The number of thioether (sulfide) groups is 1. The summed E-state index contributed by atoms with van der Waals surface area (Å²) in [7, 11) is 0. The van der Waals surface area contributed by atoms with E-state index in [1.807, 2.05) is 18.2 Å². The van der Waals surface area contributed by atoms with Gasteiger partial charge in [-0.2, -0.15) is 0 Å². The molecule has 1 aromatic heterocycles. The molecule has 1 aliphatic heterocycles. The summed E-state index contributed by atoms with van der Waals surface area (Å²) in [5, 5.41) is 7.11. The number of aryl methyl sites for hydroxylation is 1. The zero-order valence-electron chi connectivity index (χ0n) is 13.6. The van der Waals surface area contributed by atoms with Crippen molar-refractivity contribution < 1.29 is 4.74 Å². The standard InChI is InChI=1S/C17H20N4O2S/c1-12-15(21-22)16(19-14-7-9-23-10-8-14)20-17(18-12)24-11-13-5-3-2-4-6-13/h2-6,14H,7-11H2,1H3,(H,18,19,20). The molecule has 1 N–H and O–H groups in total. The third kappa shape index (κ3) is 4.30. The Balaban J connectivity index is 1.76. The van der Waals surface area contributed by atoms with Crippen LogP contribution in [0.1, 0.15) is 24.1 Å². The summed E-state index contributed by atoms with van der Waals surface area (Å²) in [4.78, 5) is 20.1. The van der Waals surface area contributed by atoms with Crippen LogP contribution < -0.4 is 5.32 Å². The second kappa shape index (κ2) is 8.21. The van der Waals surface area contributed by atoms with Gasteiger partial charge in [0.05, 0.1) is 5.69 Å². The predicted molar refractivity (Wildman–Crippen MR) is 95.7 cm³/mol. The lowest BCUT2D eigenvalue weighted by atomic mass is 10.1. The molecule has 0 saturated carbocycles. The smallest absolute Gasteiger partial charge is 0.190 e. The van der Waals surface area contributed by atoms with Crippen molar-refractivity contribution in [1.29, 1.82) is 0 Å². The van der Waals surface area contributed by atoms with Crippen molar-refractivity contribution in [3.63, 3.8) is 0 Å². The van der Waals surface area contributed by atoms with Crippen LogP contribution in [0.3, 0.4) is 0 Å². The van der Waals surface area contributed by atoms with E-state index >= 15 is 0 Å². The maximum atomic E-state index is 11.2. The molecular formula is C17H20N4O2S. The van der Waals surface area contributed by atoms with Crippen molar-refractivity contribution >= 4 is 23.3 Å². The SMILES string of the molecule is Cc1nc(SCc2ccccc2)nc(NC2CCOCC2)c1N=O. The fourth-order valence-corrected chi connectivity index (χ4v) is 3.42. The average molecular weight is 344 g/mol. The Bertz CT molecular complexity index is 690. The lowest BCUT2D eigenvalue weighted by molar-refractivity contribution is 0.0904. The van der Waals surface area contributed by atoms with E-state index in [-0.39, 0.29) is 6.04 Å². The van der Waals surface area contributed by atoms with Crippen LogP contribution in [0.25, 0.3) is 0 Å². The topological polar surface area (TPSA) is 76.5 Å². The largest absolute Gasteiger partial charge is 0.381 e. The van der Waals surface area contributed by atoms with E-state index in [1.54, 1.807) is 18.7 Å². The zero-order chi connectivity index (χ0) is 16.8. The Kier molecular flexibility index (Phi) is 5.77. The first kappa shape index (κ1) is 16.9. The minimum Gasteiger partial charge on any atom is -0.381 e. The average Bonchev–Trinajstić information content (AvgIpc) is 2.62. The zero-order valence-corrected chi connectivity index (χ0v) is 14.4. The molecule has 24 heavy (non-hydrogen) atoms. The number of nitrogens with zero attached hydrogens (tertiary/aromatic N) is 3. The summed E-state index contributed by atoms with van der Waals surface area (Å²) in [6.07, 6.45) is 1.79. The van der Waals surface area contributed by atoms with Gasteiger partial charge in [0.15, 0.2) is 16.7 Å². The number of aromatic nitrogens is 2. The Hall–Kier alpha value is -1.99. The molecule has 1 aliphatic rings. The van der Waals surface area contributed by atoms with Crippen LogP contribution in [0.15, 0.2) is 40.7 Å². The van der Waals surface area contributed by atoms with Crippen LogP contribution in [0.5, 0.6) is 0 Å². The van der Waals surface area contributed by atoms with Crippen LogP contribution in [0.4, 0.5) is 11.5 Å². The Morgan fingerprint density at radius 3 is 2.71 bits per heavy atom. The molecule has 0 radical (unpaired) electrons. The van der Waals surface area contributed by atoms with Crippen LogP contribution in [-0.2, 0) is 10.5 Å². The second-order valence-electron chi connectivity index (χ2n) is 5.69. The van der Waals surface area contributed by atoms with Crippen molar-refractivity contribution in [2.75, 3.05) is 18.5 Å². The van der Waals surface area contributed by atoms with Crippen molar-refractivity contribution in [1.82, 2.24) is 9.97 Å². The molecule has 2 heterocycles. The highest BCUT2D eigenvalue weighted by Crippen LogP contribution is 2.31. The van der Waals surface area contributed by atoms with Gasteiger partial charge in [0, 0.05) is 25.0 Å². The molecule has 126 valence electrons. The monoisotopic (exact) mass is 344 g/mol. The fourth-order valence-electron chi connectivity index (χ4n) is 2.57. The fraction of sp³-hybridized carbons (Fsp3) is 0.412. The number of benzene rings is 1.